The molecular weight excluding hydrogens is 232 g/mol. The first-order chi connectivity index (χ1) is 8.65. The first kappa shape index (κ1) is 14.3. The number of hydrogen-bond acceptors (Lipinski definition) is 5. The van der Waals surface area contributed by atoms with Crippen LogP contribution in [0.15, 0.2) is 6.07 Å². The number of unbranched alkanes of at least 4 members (excludes halogenated alkanes) is 5. The zero-order valence-corrected chi connectivity index (χ0v) is 10.9. The number of hydrogen-bond donors (Lipinski definition) is 3. The predicted octanol–water partition coefficient (Wildman–Crippen LogP) is 1.92. The van der Waals surface area contributed by atoms with E-state index in [0.29, 0.717) is 11.3 Å². The standard InChI is InChI=1S/C12H22N4O2/c1-2-3-4-5-6-7-8-18-11-9-10(13)16(17)12(14)15-11/h9,14,17H,2-8,13H2,1H3. The van der Waals surface area contributed by atoms with E-state index >= 15 is 0 Å². The summed E-state index contributed by atoms with van der Waals surface area (Å²) in [4.78, 5) is 3.76. The highest BCUT2D eigenvalue weighted by molar-refractivity contribution is 5.31. The quantitative estimate of drug-likeness (QED) is 0.487. The van der Waals surface area contributed by atoms with Crippen molar-refractivity contribution in [1.82, 2.24) is 9.71 Å². The molecule has 0 fully saturated rings. The van der Waals surface area contributed by atoms with Crippen molar-refractivity contribution < 1.29 is 9.94 Å². The molecule has 6 nitrogen and oxygen atoms in total. The number of nitrogens with two attached hydrogens (primary N) is 1. The Balaban J connectivity index is 2.26. The Morgan fingerprint density at radius 1 is 1.33 bits per heavy atom. The molecular formula is C12H22N4O2. The van der Waals surface area contributed by atoms with E-state index in [-0.39, 0.29) is 17.3 Å². The summed E-state index contributed by atoms with van der Waals surface area (Å²) in [5.74, 6) is 0.337. The molecule has 0 amide bonds. The van der Waals surface area contributed by atoms with Crippen LogP contribution in [-0.2, 0) is 0 Å². The second-order valence-electron chi connectivity index (χ2n) is 4.27. The summed E-state index contributed by atoms with van der Waals surface area (Å²) < 4.78 is 5.91. The monoisotopic (exact) mass is 254 g/mol. The molecule has 18 heavy (non-hydrogen) atoms. The van der Waals surface area contributed by atoms with Crippen LogP contribution in [0.25, 0.3) is 0 Å². The summed E-state index contributed by atoms with van der Waals surface area (Å²) in [5, 5.41) is 16.5. The van der Waals surface area contributed by atoms with E-state index in [2.05, 4.69) is 11.9 Å². The molecule has 1 heterocycles. The van der Waals surface area contributed by atoms with Gasteiger partial charge in [0, 0.05) is 6.07 Å². The molecule has 0 atom stereocenters. The van der Waals surface area contributed by atoms with Gasteiger partial charge in [-0.2, -0.15) is 4.98 Å². The average Bonchev–Trinajstić information content (AvgIpc) is 2.34. The van der Waals surface area contributed by atoms with Gasteiger partial charge in [0.2, 0.25) is 5.88 Å². The van der Waals surface area contributed by atoms with Crippen molar-refractivity contribution in [3.63, 3.8) is 0 Å². The third-order valence-corrected chi connectivity index (χ3v) is 2.68. The molecule has 6 heteroatoms. The average molecular weight is 254 g/mol. The fraction of sp³-hybridized carbons (Fsp3) is 0.667. The van der Waals surface area contributed by atoms with Gasteiger partial charge >= 0.3 is 0 Å². The Bertz CT molecular complexity index is 417. The molecule has 0 bridgehead atoms. The van der Waals surface area contributed by atoms with E-state index in [9.17, 15) is 5.21 Å². The number of rotatable bonds is 8. The van der Waals surface area contributed by atoms with Gasteiger partial charge < -0.3 is 15.7 Å². The maximum atomic E-state index is 9.21. The summed E-state index contributed by atoms with van der Waals surface area (Å²) in [5.41, 5.74) is 5.15. The highest BCUT2D eigenvalue weighted by atomic mass is 16.5. The van der Waals surface area contributed by atoms with Crippen LogP contribution in [0, 0.1) is 5.41 Å². The van der Waals surface area contributed by atoms with Crippen LogP contribution in [0.1, 0.15) is 45.4 Å². The molecule has 1 rings (SSSR count). The minimum Gasteiger partial charge on any atom is -0.477 e. The number of nitrogen functional groups attached to an aromatic ring is 1. The van der Waals surface area contributed by atoms with Crippen molar-refractivity contribution in [2.75, 3.05) is 12.3 Å². The van der Waals surface area contributed by atoms with Gasteiger partial charge in [0.1, 0.15) is 5.82 Å². The Hall–Kier alpha value is -1.72. The summed E-state index contributed by atoms with van der Waals surface area (Å²) in [6.07, 6.45) is 7.13. The number of aromatic nitrogens is 2. The molecule has 1 aromatic rings. The Morgan fingerprint density at radius 2 is 2.00 bits per heavy atom. The molecule has 0 unspecified atom stereocenters. The van der Waals surface area contributed by atoms with Crippen LogP contribution < -0.4 is 16.1 Å². The van der Waals surface area contributed by atoms with E-state index in [0.717, 1.165) is 12.8 Å². The van der Waals surface area contributed by atoms with Crippen LogP contribution in [0.2, 0.25) is 0 Å². The highest BCUT2D eigenvalue weighted by Crippen LogP contribution is 2.09. The molecule has 0 aromatic carbocycles. The van der Waals surface area contributed by atoms with Gasteiger partial charge in [-0.05, 0) is 6.42 Å². The fourth-order valence-corrected chi connectivity index (χ4v) is 1.63. The van der Waals surface area contributed by atoms with Gasteiger partial charge in [0.15, 0.2) is 0 Å². The molecule has 0 aliphatic carbocycles. The largest absolute Gasteiger partial charge is 0.477 e. The van der Waals surface area contributed by atoms with E-state index in [4.69, 9.17) is 15.9 Å². The maximum absolute atomic E-state index is 9.21. The summed E-state index contributed by atoms with van der Waals surface area (Å²) in [6.45, 7) is 2.76. The van der Waals surface area contributed by atoms with Crippen molar-refractivity contribution >= 4 is 5.82 Å². The molecule has 102 valence electrons. The van der Waals surface area contributed by atoms with Crippen LogP contribution in [0.3, 0.4) is 0 Å². The van der Waals surface area contributed by atoms with Gasteiger partial charge in [-0.3, -0.25) is 5.41 Å². The Kier molecular flexibility index (Phi) is 6.04. The lowest BCUT2D eigenvalue weighted by Gasteiger charge is -2.07. The molecule has 0 spiro atoms. The number of nitrogens with one attached hydrogen (secondary N) is 1. The number of nitrogens with zero attached hydrogens (tertiary/aromatic N) is 2. The molecule has 0 saturated carbocycles. The van der Waals surface area contributed by atoms with E-state index in [1.165, 1.54) is 31.7 Å². The van der Waals surface area contributed by atoms with Gasteiger partial charge in [0.25, 0.3) is 5.62 Å². The van der Waals surface area contributed by atoms with Crippen molar-refractivity contribution in [3.8, 4) is 5.88 Å². The molecule has 1 aromatic heterocycles. The number of anilines is 1. The zero-order valence-electron chi connectivity index (χ0n) is 10.9. The first-order valence-electron chi connectivity index (χ1n) is 6.41. The second-order valence-corrected chi connectivity index (χ2v) is 4.27. The predicted molar refractivity (Wildman–Crippen MR) is 68.5 cm³/mol. The Morgan fingerprint density at radius 3 is 2.67 bits per heavy atom. The van der Waals surface area contributed by atoms with Crippen LogP contribution in [0.5, 0.6) is 5.88 Å². The molecule has 0 saturated heterocycles. The van der Waals surface area contributed by atoms with Crippen molar-refractivity contribution in [2.24, 2.45) is 0 Å². The third kappa shape index (κ3) is 4.65. The van der Waals surface area contributed by atoms with Gasteiger partial charge in [0.05, 0.1) is 6.61 Å². The second kappa shape index (κ2) is 7.58. The Labute approximate surface area is 107 Å². The smallest absolute Gasteiger partial charge is 0.260 e. The van der Waals surface area contributed by atoms with Gasteiger partial charge in [-0.1, -0.05) is 39.0 Å². The SMILES string of the molecule is CCCCCCCCOc1cc(N)n(O)c(=N)n1. The number of ether oxygens (including phenoxy) is 1. The van der Waals surface area contributed by atoms with Crippen molar-refractivity contribution in [3.05, 3.63) is 11.7 Å². The van der Waals surface area contributed by atoms with Crippen molar-refractivity contribution in [2.45, 2.75) is 45.4 Å². The minimum absolute atomic E-state index is 0.0490. The highest BCUT2D eigenvalue weighted by Gasteiger charge is 2.02. The fourth-order valence-electron chi connectivity index (χ4n) is 1.63. The van der Waals surface area contributed by atoms with E-state index in [1.807, 2.05) is 0 Å². The minimum atomic E-state index is -0.326. The molecule has 0 radical (unpaired) electrons. The lowest BCUT2D eigenvalue weighted by atomic mass is 10.1. The zero-order chi connectivity index (χ0) is 13.4. The van der Waals surface area contributed by atoms with Crippen molar-refractivity contribution in [1.29, 1.82) is 5.41 Å². The topological polar surface area (TPSA) is 97.1 Å². The summed E-state index contributed by atoms with van der Waals surface area (Å²) in [7, 11) is 0. The molecule has 0 aliphatic rings. The van der Waals surface area contributed by atoms with E-state index < -0.39 is 0 Å². The van der Waals surface area contributed by atoms with Gasteiger partial charge in [-0.25, -0.2) is 0 Å². The van der Waals surface area contributed by atoms with Crippen LogP contribution in [0.4, 0.5) is 5.82 Å². The normalized spacial score (nSPS) is 10.5. The first-order valence-corrected chi connectivity index (χ1v) is 6.41. The summed E-state index contributed by atoms with van der Waals surface area (Å²) in [6, 6.07) is 1.41. The third-order valence-electron chi connectivity index (χ3n) is 2.68. The maximum Gasteiger partial charge on any atom is 0.260 e. The lowest BCUT2D eigenvalue weighted by molar-refractivity contribution is 0.168. The molecule has 4 N–H and O–H groups in total. The van der Waals surface area contributed by atoms with Crippen LogP contribution in [-0.4, -0.2) is 21.5 Å². The summed E-state index contributed by atoms with van der Waals surface area (Å²) >= 11 is 0. The van der Waals surface area contributed by atoms with Crippen LogP contribution >= 0.6 is 0 Å². The lowest BCUT2D eigenvalue weighted by Crippen LogP contribution is -2.24. The van der Waals surface area contributed by atoms with E-state index in [1.54, 1.807) is 0 Å². The molecule has 0 aliphatic heterocycles. The van der Waals surface area contributed by atoms with Gasteiger partial charge in [-0.15, -0.1) is 4.73 Å².